The lowest BCUT2D eigenvalue weighted by molar-refractivity contribution is 0.174. The van der Waals surface area contributed by atoms with E-state index in [0.717, 1.165) is 12.8 Å². The molecule has 1 saturated heterocycles. The number of likely N-dealkylation sites (N-methyl/N-ethyl adjacent to an activating group) is 1. The van der Waals surface area contributed by atoms with Crippen LogP contribution in [0, 0.1) is 6.92 Å². The van der Waals surface area contributed by atoms with Gasteiger partial charge in [-0.1, -0.05) is 0 Å². The van der Waals surface area contributed by atoms with E-state index in [1.165, 1.54) is 0 Å². The first-order valence-corrected chi connectivity index (χ1v) is 8.54. The van der Waals surface area contributed by atoms with Gasteiger partial charge in [-0.2, -0.15) is 4.31 Å². The Bertz CT molecular complexity index is 650. The highest BCUT2D eigenvalue weighted by molar-refractivity contribution is 7.89. The summed E-state index contributed by atoms with van der Waals surface area (Å²) in [6, 6.07) is 3.52. The molecule has 0 saturated carbocycles. The molecule has 1 N–H and O–H groups in total. The minimum atomic E-state index is -3.50. The molecule has 3 rings (SSSR count). The molecule has 0 radical (unpaired) electrons. The van der Waals surface area contributed by atoms with Crippen LogP contribution in [0.5, 0.6) is 11.5 Å². The van der Waals surface area contributed by atoms with Gasteiger partial charge in [0.15, 0.2) is 11.5 Å². The Labute approximate surface area is 137 Å². The fraction of sp³-hybridized carbons (Fsp3) is 0.571. The number of sulfonamides is 1. The maximum atomic E-state index is 12.9. The number of ether oxygens (including phenoxy) is 2. The lowest BCUT2D eigenvalue weighted by Gasteiger charge is -2.32. The zero-order chi connectivity index (χ0) is 15.0. The van der Waals surface area contributed by atoms with Gasteiger partial charge < -0.3 is 14.8 Å². The van der Waals surface area contributed by atoms with Crippen LogP contribution < -0.4 is 14.8 Å². The summed E-state index contributed by atoms with van der Waals surface area (Å²) in [5, 5.41) is 3.16. The maximum absolute atomic E-state index is 12.9. The summed E-state index contributed by atoms with van der Waals surface area (Å²) in [5.74, 6) is 1.11. The monoisotopic (exact) mass is 348 g/mol. The third-order valence-electron chi connectivity index (χ3n) is 4.08. The summed E-state index contributed by atoms with van der Waals surface area (Å²) in [6.07, 6.45) is 1.87. The average molecular weight is 349 g/mol. The van der Waals surface area contributed by atoms with Crippen molar-refractivity contribution in [3.8, 4) is 11.5 Å². The van der Waals surface area contributed by atoms with Gasteiger partial charge in [0.2, 0.25) is 16.8 Å². The van der Waals surface area contributed by atoms with E-state index in [9.17, 15) is 8.42 Å². The minimum Gasteiger partial charge on any atom is -0.454 e. The molecule has 0 aromatic heterocycles. The number of halogens is 1. The maximum Gasteiger partial charge on any atom is 0.243 e. The normalized spacial score (nSPS) is 21.5. The molecular formula is C14H21ClN2O4S. The highest BCUT2D eigenvalue weighted by atomic mass is 35.5. The summed E-state index contributed by atoms with van der Waals surface area (Å²) in [6.45, 7) is 3.00. The lowest BCUT2D eigenvalue weighted by Crippen LogP contribution is -2.46. The summed E-state index contributed by atoms with van der Waals surface area (Å²) < 4.78 is 37.9. The summed E-state index contributed by atoms with van der Waals surface area (Å²) in [5.41, 5.74) is 0.686. The van der Waals surface area contributed by atoms with Gasteiger partial charge in [-0.05, 0) is 38.4 Å². The molecule has 1 atom stereocenters. The summed E-state index contributed by atoms with van der Waals surface area (Å²) in [4.78, 5) is 0.309. The topological polar surface area (TPSA) is 67.9 Å². The molecule has 0 aliphatic carbocycles. The fourth-order valence-corrected chi connectivity index (χ4v) is 4.58. The number of rotatable bonds is 3. The highest BCUT2D eigenvalue weighted by Crippen LogP contribution is 2.37. The van der Waals surface area contributed by atoms with E-state index >= 15 is 0 Å². The molecule has 1 aromatic carbocycles. The third kappa shape index (κ3) is 3.03. The predicted molar refractivity (Wildman–Crippen MR) is 85.4 cm³/mol. The van der Waals surface area contributed by atoms with Crippen molar-refractivity contribution < 1.29 is 17.9 Å². The fourth-order valence-electron chi connectivity index (χ4n) is 2.84. The van der Waals surface area contributed by atoms with Gasteiger partial charge in [-0.3, -0.25) is 0 Å². The van der Waals surface area contributed by atoms with E-state index < -0.39 is 10.0 Å². The van der Waals surface area contributed by atoms with Gasteiger partial charge in [0.1, 0.15) is 0 Å². The second kappa shape index (κ2) is 6.62. The Kier molecular flexibility index (Phi) is 5.21. The van der Waals surface area contributed by atoms with Gasteiger partial charge in [0.05, 0.1) is 4.90 Å². The van der Waals surface area contributed by atoms with Gasteiger partial charge in [0.25, 0.3) is 0 Å². The number of piperidine rings is 1. The first kappa shape index (κ1) is 17.3. The van der Waals surface area contributed by atoms with E-state index in [4.69, 9.17) is 9.47 Å². The molecule has 124 valence electrons. The molecule has 22 heavy (non-hydrogen) atoms. The second-order valence-corrected chi connectivity index (χ2v) is 7.37. The van der Waals surface area contributed by atoms with E-state index in [-0.39, 0.29) is 25.2 Å². The van der Waals surface area contributed by atoms with Crippen LogP contribution in [0.4, 0.5) is 0 Å². The standard InChI is InChI=1S/C14H20N2O4S.ClH/c1-10-6-12-13(20-9-19-12)7-14(10)21(17,18)16-5-3-4-11(8-16)15-2;/h6-7,11,15H,3-5,8-9H2,1-2H3;1H. The minimum absolute atomic E-state index is 0. The Morgan fingerprint density at radius 2 is 1.95 bits per heavy atom. The Morgan fingerprint density at radius 1 is 1.27 bits per heavy atom. The van der Waals surface area contributed by atoms with E-state index in [1.807, 2.05) is 7.05 Å². The van der Waals surface area contributed by atoms with Gasteiger partial charge >= 0.3 is 0 Å². The van der Waals surface area contributed by atoms with Crippen LogP contribution in [0.1, 0.15) is 18.4 Å². The smallest absolute Gasteiger partial charge is 0.243 e. The SMILES string of the molecule is CNC1CCCN(S(=O)(=O)c2cc3c(cc2C)OCO3)C1.Cl. The van der Waals surface area contributed by atoms with Crippen LogP contribution in [0.25, 0.3) is 0 Å². The van der Waals surface area contributed by atoms with E-state index in [1.54, 1.807) is 23.4 Å². The number of nitrogens with one attached hydrogen (secondary N) is 1. The van der Waals surface area contributed by atoms with Crippen LogP contribution in [0.15, 0.2) is 17.0 Å². The molecule has 2 aliphatic heterocycles. The number of aryl methyl sites for hydroxylation is 1. The molecular weight excluding hydrogens is 328 g/mol. The highest BCUT2D eigenvalue weighted by Gasteiger charge is 2.32. The van der Waals surface area contributed by atoms with Crippen LogP contribution in [0.3, 0.4) is 0 Å². The molecule has 0 spiro atoms. The molecule has 1 unspecified atom stereocenters. The van der Waals surface area contributed by atoms with Crippen LogP contribution in [-0.2, 0) is 10.0 Å². The first-order valence-electron chi connectivity index (χ1n) is 7.10. The first-order chi connectivity index (χ1) is 10.0. The number of benzene rings is 1. The summed E-state index contributed by atoms with van der Waals surface area (Å²) in [7, 11) is -1.63. The Balaban J connectivity index is 0.00000176. The van der Waals surface area contributed by atoms with Crippen molar-refractivity contribution in [2.24, 2.45) is 0 Å². The van der Waals surface area contributed by atoms with Gasteiger partial charge in [-0.25, -0.2) is 8.42 Å². The summed E-state index contributed by atoms with van der Waals surface area (Å²) >= 11 is 0. The lowest BCUT2D eigenvalue weighted by atomic mass is 10.1. The molecule has 0 amide bonds. The van der Waals surface area contributed by atoms with Crippen molar-refractivity contribution in [3.63, 3.8) is 0 Å². The van der Waals surface area contributed by atoms with Crippen LogP contribution >= 0.6 is 12.4 Å². The molecule has 1 fully saturated rings. The molecule has 0 bridgehead atoms. The Morgan fingerprint density at radius 3 is 2.64 bits per heavy atom. The number of hydrogen-bond acceptors (Lipinski definition) is 5. The zero-order valence-corrected chi connectivity index (χ0v) is 14.3. The number of nitrogens with zero attached hydrogens (tertiary/aromatic N) is 1. The Hall–Kier alpha value is -1.02. The molecule has 1 aromatic rings. The number of fused-ring (bicyclic) bond motifs is 1. The molecule has 2 aliphatic rings. The molecule has 6 nitrogen and oxygen atoms in total. The largest absolute Gasteiger partial charge is 0.454 e. The van der Waals surface area contributed by atoms with Crippen LogP contribution in [0.2, 0.25) is 0 Å². The van der Waals surface area contributed by atoms with Gasteiger partial charge in [0, 0.05) is 25.2 Å². The average Bonchev–Trinajstić information content (AvgIpc) is 2.93. The van der Waals surface area contributed by atoms with E-state index in [0.29, 0.717) is 35.0 Å². The quantitative estimate of drug-likeness (QED) is 0.897. The van der Waals surface area contributed by atoms with Crippen molar-refractivity contribution in [1.82, 2.24) is 9.62 Å². The van der Waals surface area contributed by atoms with Crippen molar-refractivity contribution >= 4 is 22.4 Å². The second-order valence-electron chi connectivity index (χ2n) is 5.46. The van der Waals surface area contributed by atoms with Crippen molar-refractivity contribution in [2.75, 3.05) is 26.9 Å². The van der Waals surface area contributed by atoms with Gasteiger partial charge in [-0.15, -0.1) is 12.4 Å². The number of hydrogen-bond donors (Lipinski definition) is 1. The third-order valence-corrected chi connectivity index (χ3v) is 6.09. The van der Waals surface area contributed by atoms with Crippen molar-refractivity contribution in [3.05, 3.63) is 17.7 Å². The molecule has 8 heteroatoms. The van der Waals surface area contributed by atoms with Crippen LogP contribution in [-0.4, -0.2) is 45.7 Å². The van der Waals surface area contributed by atoms with Crippen molar-refractivity contribution in [2.45, 2.75) is 30.7 Å². The zero-order valence-electron chi connectivity index (χ0n) is 12.7. The molecule has 2 heterocycles. The van der Waals surface area contributed by atoms with Crippen molar-refractivity contribution in [1.29, 1.82) is 0 Å². The van der Waals surface area contributed by atoms with E-state index in [2.05, 4.69) is 5.32 Å². The predicted octanol–water partition coefficient (Wildman–Crippen LogP) is 1.52.